The molecule has 0 aliphatic rings. The van der Waals surface area contributed by atoms with Gasteiger partial charge in [-0.2, -0.15) is 5.26 Å². The molecule has 1 atom stereocenters. The molecule has 2 heterocycles. The van der Waals surface area contributed by atoms with Crippen molar-refractivity contribution in [3.8, 4) is 17.3 Å². The average molecular weight is 320 g/mol. The third kappa shape index (κ3) is 2.97. The average Bonchev–Trinajstić information content (AvgIpc) is 3.01. The van der Waals surface area contributed by atoms with Crippen LogP contribution in [0.3, 0.4) is 0 Å². The van der Waals surface area contributed by atoms with E-state index in [9.17, 15) is 5.26 Å². The summed E-state index contributed by atoms with van der Waals surface area (Å²) in [6.07, 6.45) is 1.91. The van der Waals surface area contributed by atoms with Crippen LogP contribution in [0.25, 0.3) is 22.2 Å². The number of pyridine rings is 1. The number of methoxy groups -OCH3 is 1. The predicted molar refractivity (Wildman–Crippen MR) is 95.9 cm³/mol. The van der Waals surface area contributed by atoms with Crippen LogP contribution in [-0.2, 0) is 4.74 Å². The van der Waals surface area contributed by atoms with Crippen LogP contribution >= 0.6 is 0 Å². The van der Waals surface area contributed by atoms with E-state index in [1.807, 2.05) is 43.5 Å². The van der Waals surface area contributed by atoms with Gasteiger partial charge < -0.3 is 15.0 Å². The standard InChI is InChI=1S/C19H20N4O/c1-12(11-24-3)22-17-7-8-18(23-13(17)2)16-10-21-19-14(9-20)5-4-6-15(16)19/h4-8,10,12,21-22H,11H2,1-3H3. The number of aromatic amines is 1. The van der Waals surface area contributed by atoms with E-state index in [1.54, 1.807) is 7.11 Å². The van der Waals surface area contributed by atoms with Gasteiger partial charge in [0.25, 0.3) is 0 Å². The summed E-state index contributed by atoms with van der Waals surface area (Å²) >= 11 is 0. The number of ether oxygens (including phenoxy) is 1. The number of anilines is 1. The molecular weight excluding hydrogens is 300 g/mol. The number of aromatic nitrogens is 2. The molecule has 5 nitrogen and oxygen atoms in total. The summed E-state index contributed by atoms with van der Waals surface area (Å²) in [5.41, 5.74) is 5.31. The maximum absolute atomic E-state index is 9.22. The molecule has 0 aliphatic heterocycles. The number of aryl methyl sites for hydroxylation is 1. The Balaban J connectivity index is 1.97. The first-order chi connectivity index (χ1) is 11.6. The summed E-state index contributed by atoms with van der Waals surface area (Å²) in [5, 5.41) is 13.6. The zero-order valence-corrected chi connectivity index (χ0v) is 14.1. The minimum Gasteiger partial charge on any atom is -0.383 e. The smallest absolute Gasteiger partial charge is 0.101 e. The number of hydrogen-bond donors (Lipinski definition) is 2. The fourth-order valence-corrected chi connectivity index (χ4v) is 2.88. The molecule has 3 aromatic rings. The molecule has 2 aromatic heterocycles. The van der Waals surface area contributed by atoms with Crippen molar-refractivity contribution < 1.29 is 4.74 Å². The first-order valence-electron chi connectivity index (χ1n) is 7.87. The quantitative estimate of drug-likeness (QED) is 0.748. The molecule has 2 N–H and O–H groups in total. The van der Waals surface area contributed by atoms with Crippen LogP contribution in [0.15, 0.2) is 36.5 Å². The minimum atomic E-state index is 0.215. The summed E-state index contributed by atoms with van der Waals surface area (Å²) in [4.78, 5) is 7.92. The lowest BCUT2D eigenvalue weighted by molar-refractivity contribution is 0.190. The molecule has 122 valence electrons. The molecule has 24 heavy (non-hydrogen) atoms. The Labute approximate surface area is 141 Å². The van der Waals surface area contributed by atoms with Crippen LogP contribution in [0, 0.1) is 18.3 Å². The lowest BCUT2D eigenvalue weighted by Crippen LogP contribution is -2.21. The van der Waals surface area contributed by atoms with Crippen molar-refractivity contribution in [2.24, 2.45) is 0 Å². The molecule has 1 unspecified atom stereocenters. The maximum Gasteiger partial charge on any atom is 0.101 e. The Morgan fingerprint density at radius 3 is 2.88 bits per heavy atom. The van der Waals surface area contributed by atoms with Gasteiger partial charge in [0.05, 0.1) is 34.8 Å². The van der Waals surface area contributed by atoms with E-state index in [1.165, 1.54) is 0 Å². The van der Waals surface area contributed by atoms with Crippen LogP contribution in [0.4, 0.5) is 5.69 Å². The minimum absolute atomic E-state index is 0.215. The number of H-pyrrole nitrogens is 1. The molecule has 0 saturated heterocycles. The lowest BCUT2D eigenvalue weighted by Gasteiger charge is -2.16. The van der Waals surface area contributed by atoms with Gasteiger partial charge in [-0.15, -0.1) is 0 Å². The topological polar surface area (TPSA) is 73.7 Å². The Morgan fingerprint density at radius 1 is 1.33 bits per heavy atom. The molecule has 0 saturated carbocycles. The van der Waals surface area contributed by atoms with Gasteiger partial charge in [0.1, 0.15) is 6.07 Å². The second-order valence-corrected chi connectivity index (χ2v) is 5.87. The van der Waals surface area contributed by atoms with Gasteiger partial charge in [-0.25, -0.2) is 0 Å². The van der Waals surface area contributed by atoms with Crippen molar-refractivity contribution >= 4 is 16.6 Å². The van der Waals surface area contributed by atoms with Crippen molar-refractivity contribution in [1.82, 2.24) is 9.97 Å². The Hall–Kier alpha value is -2.84. The predicted octanol–water partition coefficient (Wildman–Crippen LogP) is 3.86. The SMILES string of the molecule is COCC(C)Nc1ccc(-c2c[nH]c3c(C#N)cccc23)nc1C. The largest absolute Gasteiger partial charge is 0.383 e. The molecule has 0 radical (unpaired) electrons. The maximum atomic E-state index is 9.22. The Kier molecular flexibility index (Phi) is 4.50. The zero-order chi connectivity index (χ0) is 17.1. The fraction of sp³-hybridized carbons (Fsp3) is 0.263. The third-order valence-electron chi connectivity index (χ3n) is 4.02. The van der Waals surface area contributed by atoms with E-state index < -0.39 is 0 Å². The lowest BCUT2D eigenvalue weighted by atomic mass is 10.1. The number of rotatable bonds is 5. The number of nitrogens with zero attached hydrogens (tertiary/aromatic N) is 2. The second kappa shape index (κ2) is 6.73. The molecule has 0 amide bonds. The summed E-state index contributed by atoms with van der Waals surface area (Å²) in [7, 11) is 1.69. The molecule has 0 aliphatic carbocycles. The van der Waals surface area contributed by atoms with Gasteiger partial charge in [-0.05, 0) is 32.0 Å². The van der Waals surface area contributed by atoms with Crippen molar-refractivity contribution in [2.75, 3.05) is 19.0 Å². The van der Waals surface area contributed by atoms with Crippen molar-refractivity contribution in [3.63, 3.8) is 0 Å². The first kappa shape index (κ1) is 16.0. The summed E-state index contributed by atoms with van der Waals surface area (Å²) in [6.45, 7) is 4.70. The van der Waals surface area contributed by atoms with E-state index in [2.05, 4.69) is 23.3 Å². The number of nitrogens with one attached hydrogen (secondary N) is 2. The number of benzene rings is 1. The van der Waals surface area contributed by atoms with Gasteiger partial charge in [-0.1, -0.05) is 12.1 Å². The Morgan fingerprint density at radius 2 is 2.17 bits per heavy atom. The van der Waals surface area contributed by atoms with Gasteiger partial charge in [0.15, 0.2) is 0 Å². The molecular formula is C19H20N4O. The van der Waals surface area contributed by atoms with Crippen molar-refractivity contribution in [2.45, 2.75) is 19.9 Å². The highest BCUT2D eigenvalue weighted by molar-refractivity contribution is 5.97. The van der Waals surface area contributed by atoms with E-state index in [-0.39, 0.29) is 6.04 Å². The molecule has 0 bridgehead atoms. The number of hydrogen-bond acceptors (Lipinski definition) is 4. The third-order valence-corrected chi connectivity index (χ3v) is 4.02. The van der Waals surface area contributed by atoms with Crippen molar-refractivity contribution in [3.05, 3.63) is 47.8 Å². The molecule has 3 rings (SSSR count). The van der Waals surface area contributed by atoms with Crippen LogP contribution in [-0.4, -0.2) is 29.7 Å². The molecule has 0 fully saturated rings. The Bertz CT molecular complexity index is 907. The van der Waals surface area contributed by atoms with E-state index in [0.29, 0.717) is 12.2 Å². The zero-order valence-electron chi connectivity index (χ0n) is 14.1. The summed E-state index contributed by atoms with van der Waals surface area (Å²) < 4.78 is 5.15. The van der Waals surface area contributed by atoms with Gasteiger partial charge >= 0.3 is 0 Å². The van der Waals surface area contributed by atoms with Gasteiger partial charge in [-0.3, -0.25) is 4.98 Å². The molecule has 1 aromatic carbocycles. The second-order valence-electron chi connectivity index (χ2n) is 5.87. The van der Waals surface area contributed by atoms with Gasteiger partial charge in [0.2, 0.25) is 0 Å². The number of nitriles is 1. The summed E-state index contributed by atoms with van der Waals surface area (Å²) in [6, 6.07) is 12.2. The normalized spacial score (nSPS) is 12.1. The van der Waals surface area contributed by atoms with Gasteiger partial charge in [0, 0.05) is 30.3 Å². The van der Waals surface area contributed by atoms with E-state index >= 15 is 0 Å². The molecule has 0 spiro atoms. The number of para-hydroxylation sites is 1. The van der Waals surface area contributed by atoms with Crippen LogP contribution in [0.5, 0.6) is 0 Å². The van der Waals surface area contributed by atoms with E-state index in [0.717, 1.165) is 33.5 Å². The monoisotopic (exact) mass is 320 g/mol. The van der Waals surface area contributed by atoms with Crippen LogP contribution in [0.2, 0.25) is 0 Å². The highest BCUT2D eigenvalue weighted by atomic mass is 16.5. The summed E-state index contributed by atoms with van der Waals surface area (Å²) in [5.74, 6) is 0. The first-order valence-corrected chi connectivity index (χ1v) is 7.87. The van der Waals surface area contributed by atoms with Crippen LogP contribution < -0.4 is 5.32 Å². The number of fused-ring (bicyclic) bond motifs is 1. The van der Waals surface area contributed by atoms with Crippen molar-refractivity contribution in [1.29, 1.82) is 5.26 Å². The highest BCUT2D eigenvalue weighted by Gasteiger charge is 2.12. The highest BCUT2D eigenvalue weighted by Crippen LogP contribution is 2.30. The van der Waals surface area contributed by atoms with Crippen LogP contribution in [0.1, 0.15) is 18.2 Å². The fourth-order valence-electron chi connectivity index (χ4n) is 2.88. The van der Waals surface area contributed by atoms with E-state index in [4.69, 9.17) is 9.72 Å². The molecule has 5 heteroatoms.